The molecule has 3 aromatic rings. The Morgan fingerprint density at radius 3 is 2.62 bits per heavy atom. The van der Waals surface area contributed by atoms with E-state index in [4.69, 9.17) is 4.52 Å². The summed E-state index contributed by atoms with van der Waals surface area (Å²) in [6, 6.07) is 8.25. The summed E-state index contributed by atoms with van der Waals surface area (Å²) >= 11 is 1.56. The normalized spacial score (nSPS) is 12.8. The molecule has 1 aromatic carbocycles. The summed E-state index contributed by atoms with van der Waals surface area (Å²) in [5.74, 6) is 2.45. The highest BCUT2D eigenvalue weighted by molar-refractivity contribution is 7.99. The number of rotatable bonds is 5. The van der Waals surface area contributed by atoms with Crippen LogP contribution >= 0.6 is 11.8 Å². The van der Waals surface area contributed by atoms with Gasteiger partial charge in [-0.2, -0.15) is 4.98 Å². The van der Waals surface area contributed by atoms with Crippen LogP contribution < -0.4 is 0 Å². The number of hydrogen-bond donors (Lipinski definition) is 0. The number of nitrogens with zero attached hydrogens (tertiary/aromatic N) is 5. The second kappa shape index (κ2) is 6.76. The Balaban J connectivity index is 1.80. The highest BCUT2D eigenvalue weighted by Gasteiger charge is 2.20. The van der Waals surface area contributed by atoms with Crippen LogP contribution in [-0.2, 0) is 7.05 Å². The highest BCUT2D eigenvalue weighted by atomic mass is 32.2. The minimum atomic E-state index is 0.0123. The lowest BCUT2D eigenvalue weighted by atomic mass is 10.1. The largest absolute Gasteiger partial charge is 0.338 e. The minimum Gasteiger partial charge on any atom is -0.338 e. The first kappa shape index (κ1) is 16.7. The third-order valence-electron chi connectivity index (χ3n) is 3.71. The lowest BCUT2D eigenvalue weighted by Gasteiger charge is -2.07. The van der Waals surface area contributed by atoms with Gasteiger partial charge < -0.3 is 9.09 Å². The first-order valence-corrected chi connectivity index (χ1v) is 8.80. The molecule has 0 bridgehead atoms. The molecule has 0 saturated carbocycles. The number of aromatic nitrogens is 5. The Morgan fingerprint density at radius 1 is 1.17 bits per heavy atom. The van der Waals surface area contributed by atoms with Gasteiger partial charge in [0.25, 0.3) is 0 Å². The zero-order valence-electron chi connectivity index (χ0n) is 14.5. The van der Waals surface area contributed by atoms with E-state index in [-0.39, 0.29) is 11.2 Å². The summed E-state index contributed by atoms with van der Waals surface area (Å²) in [6.07, 6.45) is 0. The van der Waals surface area contributed by atoms with Gasteiger partial charge in [-0.1, -0.05) is 54.5 Å². The summed E-state index contributed by atoms with van der Waals surface area (Å²) in [5.41, 5.74) is 2.26. The fourth-order valence-corrected chi connectivity index (χ4v) is 3.15. The number of hydrogen-bond acceptors (Lipinski definition) is 6. The van der Waals surface area contributed by atoms with Crippen molar-refractivity contribution in [3.05, 3.63) is 41.5 Å². The lowest BCUT2D eigenvalue weighted by molar-refractivity contribution is 0.373. The lowest BCUT2D eigenvalue weighted by Crippen LogP contribution is -1.97. The van der Waals surface area contributed by atoms with Crippen LogP contribution in [0.3, 0.4) is 0 Å². The smallest absolute Gasteiger partial charge is 0.239 e. The van der Waals surface area contributed by atoms with Gasteiger partial charge in [-0.3, -0.25) is 0 Å². The van der Waals surface area contributed by atoms with Crippen molar-refractivity contribution in [2.45, 2.75) is 44.0 Å². The van der Waals surface area contributed by atoms with Crippen molar-refractivity contribution in [1.29, 1.82) is 0 Å². The molecule has 6 nitrogen and oxygen atoms in total. The first-order valence-electron chi connectivity index (χ1n) is 7.92. The van der Waals surface area contributed by atoms with E-state index in [1.165, 1.54) is 5.56 Å². The summed E-state index contributed by atoms with van der Waals surface area (Å²) in [4.78, 5) is 4.46. The van der Waals surface area contributed by atoms with E-state index < -0.39 is 0 Å². The van der Waals surface area contributed by atoms with Crippen LogP contribution in [0.5, 0.6) is 0 Å². The van der Waals surface area contributed by atoms with Gasteiger partial charge >= 0.3 is 0 Å². The molecule has 0 N–H and O–H groups in total. The minimum absolute atomic E-state index is 0.0123. The van der Waals surface area contributed by atoms with Crippen molar-refractivity contribution < 1.29 is 4.52 Å². The van der Waals surface area contributed by atoms with Crippen LogP contribution in [0, 0.1) is 6.92 Å². The molecule has 0 aliphatic heterocycles. The van der Waals surface area contributed by atoms with Gasteiger partial charge in [-0.05, 0) is 19.9 Å². The summed E-state index contributed by atoms with van der Waals surface area (Å²) in [7, 11) is 1.97. The first-order chi connectivity index (χ1) is 11.5. The zero-order valence-corrected chi connectivity index (χ0v) is 15.3. The summed E-state index contributed by atoms with van der Waals surface area (Å²) < 4.78 is 7.36. The molecule has 0 aliphatic rings. The van der Waals surface area contributed by atoms with E-state index in [2.05, 4.69) is 39.4 Å². The van der Waals surface area contributed by atoms with Crippen LogP contribution in [0.2, 0.25) is 0 Å². The second-order valence-corrected chi connectivity index (χ2v) is 7.45. The van der Waals surface area contributed by atoms with Gasteiger partial charge in [-0.25, -0.2) is 0 Å². The molecule has 2 aromatic heterocycles. The van der Waals surface area contributed by atoms with E-state index in [0.29, 0.717) is 5.89 Å². The third-order valence-corrected chi connectivity index (χ3v) is 4.84. The maximum atomic E-state index is 5.37. The Hall–Kier alpha value is -2.15. The van der Waals surface area contributed by atoms with Gasteiger partial charge in [-0.15, -0.1) is 10.2 Å². The van der Waals surface area contributed by atoms with Gasteiger partial charge in [0.2, 0.25) is 5.89 Å². The van der Waals surface area contributed by atoms with Gasteiger partial charge in [0, 0.05) is 18.5 Å². The summed E-state index contributed by atoms with van der Waals surface area (Å²) in [6.45, 7) is 8.19. The molecular formula is C17H21N5OS. The molecule has 0 saturated heterocycles. The van der Waals surface area contributed by atoms with E-state index >= 15 is 0 Å². The van der Waals surface area contributed by atoms with Crippen LogP contribution in [0.4, 0.5) is 0 Å². The molecule has 1 atom stereocenters. The van der Waals surface area contributed by atoms with Crippen molar-refractivity contribution in [2.24, 2.45) is 7.05 Å². The molecule has 3 rings (SSSR count). The van der Waals surface area contributed by atoms with Crippen molar-refractivity contribution in [1.82, 2.24) is 24.9 Å². The number of benzene rings is 1. The SMILES string of the molecule is Cc1cccc(-c2nnc(SC(C)c3nc(C(C)C)no3)n2C)c1. The molecule has 0 fully saturated rings. The molecule has 0 aliphatic carbocycles. The van der Waals surface area contributed by atoms with Gasteiger partial charge in [0.15, 0.2) is 16.8 Å². The van der Waals surface area contributed by atoms with Crippen molar-refractivity contribution >= 4 is 11.8 Å². The average molecular weight is 343 g/mol. The van der Waals surface area contributed by atoms with Crippen molar-refractivity contribution in [3.8, 4) is 11.4 Å². The highest BCUT2D eigenvalue weighted by Crippen LogP contribution is 2.34. The predicted octanol–water partition coefficient (Wildman–Crippen LogP) is 4.15. The molecular weight excluding hydrogens is 322 g/mol. The van der Waals surface area contributed by atoms with Gasteiger partial charge in [0.05, 0.1) is 5.25 Å². The Morgan fingerprint density at radius 2 is 1.96 bits per heavy atom. The topological polar surface area (TPSA) is 69.6 Å². The molecule has 1 unspecified atom stereocenters. The standard InChI is InChI=1S/C17H21N5OS/c1-10(2)14-18-16(23-21-14)12(4)24-17-20-19-15(22(17)5)13-8-6-7-11(3)9-13/h6-10,12H,1-5H3. The van der Waals surface area contributed by atoms with Crippen LogP contribution in [0.25, 0.3) is 11.4 Å². The van der Waals surface area contributed by atoms with Crippen LogP contribution in [-0.4, -0.2) is 24.9 Å². The Kier molecular flexibility index (Phi) is 4.71. The van der Waals surface area contributed by atoms with Crippen molar-refractivity contribution in [2.75, 3.05) is 0 Å². The summed E-state index contributed by atoms with van der Waals surface area (Å²) in [5, 5.41) is 13.5. The second-order valence-electron chi connectivity index (χ2n) is 6.14. The molecule has 0 amide bonds. The maximum Gasteiger partial charge on any atom is 0.239 e. The number of aryl methyl sites for hydroxylation is 1. The molecule has 7 heteroatoms. The van der Waals surface area contributed by atoms with Crippen LogP contribution in [0.15, 0.2) is 33.9 Å². The average Bonchev–Trinajstić information content (AvgIpc) is 3.15. The Labute approximate surface area is 145 Å². The monoisotopic (exact) mass is 343 g/mol. The Bertz CT molecular complexity index is 839. The fourth-order valence-electron chi connectivity index (χ4n) is 2.31. The molecule has 126 valence electrons. The third kappa shape index (κ3) is 3.36. The van der Waals surface area contributed by atoms with Crippen LogP contribution in [0.1, 0.15) is 49.2 Å². The molecule has 0 spiro atoms. The van der Waals surface area contributed by atoms with E-state index in [0.717, 1.165) is 22.4 Å². The van der Waals surface area contributed by atoms with Crippen molar-refractivity contribution in [3.63, 3.8) is 0 Å². The quantitative estimate of drug-likeness (QED) is 0.648. The predicted molar refractivity (Wildman–Crippen MR) is 93.8 cm³/mol. The molecule has 0 radical (unpaired) electrons. The van der Waals surface area contributed by atoms with E-state index in [1.54, 1.807) is 11.8 Å². The fraction of sp³-hybridized carbons (Fsp3) is 0.412. The zero-order chi connectivity index (χ0) is 17.3. The van der Waals surface area contributed by atoms with Gasteiger partial charge in [0.1, 0.15) is 0 Å². The molecule has 24 heavy (non-hydrogen) atoms. The maximum absolute atomic E-state index is 5.37. The van der Waals surface area contributed by atoms with E-state index in [9.17, 15) is 0 Å². The van der Waals surface area contributed by atoms with E-state index in [1.807, 2.05) is 44.5 Å². The number of thioether (sulfide) groups is 1. The molecule has 2 heterocycles.